The first kappa shape index (κ1) is 16.5. The summed E-state index contributed by atoms with van der Waals surface area (Å²) in [4.78, 5) is 23.1. The summed E-state index contributed by atoms with van der Waals surface area (Å²) in [6, 6.07) is 8.97. The molecule has 0 atom stereocenters. The number of furan rings is 1. The van der Waals surface area contributed by atoms with Crippen molar-refractivity contribution in [2.24, 2.45) is 0 Å². The smallest absolute Gasteiger partial charge is 0.342 e. The molecule has 0 saturated carbocycles. The molecule has 1 N–H and O–H groups in total. The monoisotopic (exact) mass is 341 g/mol. The average Bonchev–Trinajstić information content (AvgIpc) is 2.93. The molecule has 0 saturated heterocycles. The molecule has 0 radical (unpaired) electrons. The van der Waals surface area contributed by atoms with Gasteiger partial charge in [0.05, 0.1) is 17.6 Å². The number of nitro benzene ring substituents is 1. The molecule has 128 valence electrons. The zero-order valence-electron chi connectivity index (χ0n) is 13.6. The first-order valence-corrected chi connectivity index (χ1v) is 7.60. The van der Waals surface area contributed by atoms with Gasteiger partial charge in [-0.1, -0.05) is 0 Å². The van der Waals surface area contributed by atoms with E-state index in [9.17, 15) is 20.0 Å². The second kappa shape index (κ2) is 6.27. The van der Waals surface area contributed by atoms with E-state index in [0.29, 0.717) is 16.5 Å². The van der Waals surface area contributed by atoms with Crippen molar-refractivity contribution in [1.82, 2.24) is 0 Å². The van der Waals surface area contributed by atoms with Gasteiger partial charge in [0.2, 0.25) is 0 Å². The van der Waals surface area contributed by atoms with E-state index in [1.54, 1.807) is 32.0 Å². The van der Waals surface area contributed by atoms with E-state index in [2.05, 4.69) is 0 Å². The predicted octanol–water partition coefficient (Wildman–Crippen LogP) is 4.20. The van der Waals surface area contributed by atoms with Gasteiger partial charge in [-0.15, -0.1) is 0 Å². The van der Waals surface area contributed by atoms with Crippen LogP contribution in [0.25, 0.3) is 22.3 Å². The lowest BCUT2D eigenvalue weighted by molar-refractivity contribution is -0.385. The summed E-state index contributed by atoms with van der Waals surface area (Å²) in [5.41, 5.74) is 1.32. The zero-order valence-corrected chi connectivity index (χ0v) is 13.6. The molecule has 0 amide bonds. The fourth-order valence-electron chi connectivity index (χ4n) is 2.66. The third-order valence-electron chi connectivity index (χ3n) is 3.81. The van der Waals surface area contributed by atoms with Crippen LogP contribution in [0.4, 0.5) is 5.69 Å². The highest BCUT2D eigenvalue weighted by atomic mass is 16.6. The summed E-state index contributed by atoms with van der Waals surface area (Å²) >= 11 is 0. The van der Waals surface area contributed by atoms with Crippen molar-refractivity contribution >= 4 is 22.6 Å². The van der Waals surface area contributed by atoms with E-state index < -0.39 is 10.9 Å². The van der Waals surface area contributed by atoms with Gasteiger partial charge in [0.15, 0.2) is 0 Å². The Balaban J connectivity index is 2.30. The molecule has 7 nitrogen and oxygen atoms in total. The van der Waals surface area contributed by atoms with Gasteiger partial charge >= 0.3 is 5.97 Å². The highest BCUT2D eigenvalue weighted by molar-refractivity contribution is 6.09. The Bertz CT molecular complexity index is 971. The SMILES string of the molecule is CCOC(=O)c1c(-c2ccc(O)cc2)oc2cc([N+](=O)[O-])c(C)cc12. The molecule has 7 heteroatoms. The Labute approximate surface area is 142 Å². The number of carbonyl (C=O) groups is 1. The number of aromatic hydroxyl groups is 1. The third kappa shape index (κ3) is 2.91. The number of esters is 1. The number of phenols is 1. The van der Waals surface area contributed by atoms with Crippen molar-refractivity contribution in [3.63, 3.8) is 0 Å². The zero-order chi connectivity index (χ0) is 18.1. The predicted molar refractivity (Wildman–Crippen MR) is 90.7 cm³/mol. The van der Waals surface area contributed by atoms with Crippen molar-refractivity contribution in [3.05, 3.63) is 57.6 Å². The molecule has 0 unspecified atom stereocenters. The number of hydrogen-bond acceptors (Lipinski definition) is 6. The van der Waals surface area contributed by atoms with Crippen molar-refractivity contribution in [1.29, 1.82) is 0 Å². The van der Waals surface area contributed by atoms with Crippen molar-refractivity contribution in [2.45, 2.75) is 13.8 Å². The Kier molecular flexibility index (Phi) is 4.14. The van der Waals surface area contributed by atoms with Crippen LogP contribution in [0.2, 0.25) is 0 Å². The minimum Gasteiger partial charge on any atom is -0.508 e. The number of nitrogens with zero attached hydrogens (tertiary/aromatic N) is 1. The number of carbonyl (C=O) groups excluding carboxylic acids is 1. The lowest BCUT2D eigenvalue weighted by Gasteiger charge is -2.04. The number of benzene rings is 2. The summed E-state index contributed by atoms with van der Waals surface area (Å²) in [7, 11) is 0. The van der Waals surface area contributed by atoms with Crippen LogP contribution < -0.4 is 0 Å². The lowest BCUT2D eigenvalue weighted by atomic mass is 10.0. The Hall–Kier alpha value is -3.35. The molecule has 0 fully saturated rings. The molecule has 3 rings (SSSR count). The van der Waals surface area contributed by atoms with E-state index in [4.69, 9.17) is 9.15 Å². The van der Waals surface area contributed by atoms with Crippen LogP contribution in [0.15, 0.2) is 40.8 Å². The maximum Gasteiger partial charge on any atom is 0.342 e. The number of fused-ring (bicyclic) bond motifs is 1. The van der Waals surface area contributed by atoms with Gasteiger partial charge in [0, 0.05) is 16.5 Å². The van der Waals surface area contributed by atoms with Crippen LogP contribution in [0, 0.1) is 17.0 Å². The second-order valence-electron chi connectivity index (χ2n) is 5.47. The normalized spacial score (nSPS) is 10.8. The van der Waals surface area contributed by atoms with Crippen LogP contribution in [0.5, 0.6) is 5.75 Å². The molecule has 0 aliphatic rings. The summed E-state index contributed by atoms with van der Waals surface area (Å²) < 4.78 is 10.9. The van der Waals surface area contributed by atoms with Crippen LogP contribution in [-0.2, 0) is 4.74 Å². The first-order valence-electron chi connectivity index (χ1n) is 7.60. The molecular formula is C18H15NO6. The fourth-order valence-corrected chi connectivity index (χ4v) is 2.66. The molecule has 0 aliphatic carbocycles. The van der Waals surface area contributed by atoms with E-state index in [0.717, 1.165) is 0 Å². The van der Waals surface area contributed by atoms with E-state index in [1.807, 2.05) is 0 Å². The number of ether oxygens (including phenoxy) is 1. The van der Waals surface area contributed by atoms with Crippen LogP contribution in [-0.4, -0.2) is 22.6 Å². The largest absolute Gasteiger partial charge is 0.508 e. The van der Waals surface area contributed by atoms with Gasteiger partial charge in [0.1, 0.15) is 22.7 Å². The molecule has 0 aliphatic heterocycles. The Morgan fingerprint density at radius 3 is 2.56 bits per heavy atom. The van der Waals surface area contributed by atoms with Crippen LogP contribution in [0.3, 0.4) is 0 Å². The quantitative estimate of drug-likeness (QED) is 0.433. The van der Waals surface area contributed by atoms with E-state index >= 15 is 0 Å². The van der Waals surface area contributed by atoms with E-state index in [1.165, 1.54) is 18.2 Å². The highest BCUT2D eigenvalue weighted by Gasteiger charge is 2.26. The summed E-state index contributed by atoms with van der Waals surface area (Å²) in [5.74, 6) is -0.255. The Morgan fingerprint density at radius 2 is 1.96 bits per heavy atom. The maximum atomic E-state index is 12.4. The topological polar surface area (TPSA) is 103 Å². The molecule has 1 heterocycles. The minimum absolute atomic E-state index is 0.0732. The van der Waals surface area contributed by atoms with Gasteiger partial charge in [-0.2, -0.15) is 0 Å². The molecule has 2 aromatic carbocycles. The Morgan fingerprint density at radius 1 is 1.28 bits per heavy atom. The highest BCUT2D eigenvalue weighted by Crippen LogP contribution is 2.37. The summed E-state index contributed by atoms with van der Waals surface area (Å²) in [6.07, 6.45) is 0. The van der Waals surface area contributed by atoms with E-state index in [-0.39, 0.29) is 35.0 Å². The minimum atomic E-state index is -0.572. The average molecular weight is 341 g/mol. The number of aryl methyl sites for hydroxylation is 1. The number of rotatable bonds is 4. The molecule has 0 bridgehead atoms. The number of hydrogen-bond donors (Lipinski definition) is 1. The van der Waals surface area contributed by atoms with Crippen molar-refractivity contribution < 1.29 is 24.0 Å². The van der Waals surface area contributed by atoms with Gasteiger partial charge in [0.25, 0.3) is 5.69 Å². The lowest BCUT2D eigenvalue weighted by Crippen LogP contribution is -2.05. The molecule has 0 spiro atoms. The molecular weight excluding hydrogens is 326 g/mol. The number of phenolic OH excluding ortho intramolecular Hbond substituents is 1. The fraction of sp³-hybridized carbons (Fsp3) is 0.167. The van der Waals surface area contributed by atoms with Crippen molar-refractivity contribution in [2.75, 3.05) is 6.61 Å². The van der Waals surface area contributed by atoms with Gasteiger partial charge in [-0.25, -0.2) is 4.79 Å². The standard InChI is InChI=1S/C18H15NO6/c1-3-24-18(21)16-13-8-10(2)14(19(22)23)9-15(13)25-17(16)11-4-6-12(20)7-5-11/h4-9,20H,3H2,1-2H3. The molecule has 1 aromatic heterocycles. The molecule has 25 heavy (non-hydrogen) atoms. The third-order valence-corrected chi connectivity index (χ3v) is 3.81. The number of nitro groups is 1. The van der Waals surface area contributed by atoms with Gasteiger partial charge < -0.3 is 14.3 Å². The van der Waals surface area contributed by atoms with Gasteiger partial charge in [-0.05, 0) is 44.2 Å². The van der Waals surface area contributed by atoms with Crippen LogP contribution in [0.1, 0.15) is 22.8 Å². The van der Waals surface area contributed by atoms with Crippen molar-refractivity contribution in [3.8, 4) is 17.1 Å². The van der Waals surface area contributed by atoms with Gasteiger partial charge in [-0.3, -0.25) is 10.1 Å². The second-order valence-corrected chi connectivity index (χ2v) is 5.47. The molecule has 3 aromatic rings. The summed E-state index contributed by atoms with van der Waals surface area (Å²) in [5, 5.41) is 21.0. The first-order chi connectivity index (χ1) is 11.9. The summed E-state index contributed by atoms with van der Waals surface area (Å²) in [6.45, 7) is 3.47. The maximum absolute atomic E-state index is 12.4. The van der Waals surface area contributed by atoms with Crippen LogP contribution >= 0.6 is 0 Å².